The lowest BCUT2D eigenvalue weighted by Crippen LogP contribution is -2.57. The smallest absolute Gasteiger partial charge is 0.303 e. The number of ether oxygens (including phenoxy) is 5. The Morgan fingerprint density at radius 1 is 0.812 bits per heavy atom. The number of carbonyl (C=O) groups excluding carboxylic acids is 7. The normalized spacial score (nSPS) is 19.5. The quantitative estimate of drug-likeness (QED) is 0.0854. The van der Waals surface area contributed by atoms with E-state index in [0.717, 1.165) is 53.1 Å². The zero-order chi connectivity index (χ0) is 47.9. The van der Waals surface area contributed by atoms with Crippen molar-refractivity contribution in [2.75, 3.05) is 43.2 Å². The van der Waals surface area contributed by atoms with Gasteiger partial charge in [0.05, 0.1) is 16.8 Å². The number of carbonyl (C=O) groups is 7. The van der Waals surface area contributed by atoms with E-state index in [1.807, 2.05) is 45.0 Å². The average molecular weight is 918 g/mol. The number of hydrogen-bond donors (Lipinski definition) is 3. The van der Waals surface area contributed by atoms with Gasteiger partial charge in [0.25, 0.3) is 5.91 Å². The standard InChI is InChI=1S/C45H63N3O15S/c1-10-12-21-45(11-2)26-64(57,58)37-20-19-34(48(8)9)24-35(37)39(43(45)55)32-16-15-17-33(23-32)47-38(54)18-13-14-22-46-44(56)42(63-31(7)53)41(62-30(6)52)40(61-29(5)51)36(60-28(4)50)25-59-27(3)49/h15-17,19-20,23-24,36,39-43,55H,10-14,18,21-22,25-26H2,1-9H3,(H,46,56)(H,47,54)/t36-,39+,40-,41+,42-,43+,45+/m1/s1. The van der Waals surface area contributed by atoms with Gasteiger partial charge in [-0.15, -0.1) is 0 Å². The van der Waals surface area contributed by atoms with Crippen LogP contribution in [0, 0.1) is 5.41 Å². The monoisotopic (exact) mass is 917 g/mol. The fourth-order valence-electron chi connectivity index (χ4n) is 7.86. The molecule has 1 aliphatic rings. The lowest BCUT2D eigenvalue weighted by Gasteiger charge is -2.39. The second-order valence-corrected chi connectivity index (χ2v) is 18.1. The first-order valence-corrected chi connectivity index (χ1v) is 22.9. The fraction of sp³-hybridized carbons (Fsp3) is 0.578. The van der Waals surface area contributed by atoms with E-state index in [1.165, 1.54) is 0 Å². The summed E-state index contributed by atoms with van der Waals surface area (Å²) in [5, 5.41) is 17.8. The van der Waals surface area contributed by atoms with Gasteiger partial charge >= 0.3 is 29.8 Å². The molecule has 0 bridgehead atoms. The van der Waals surface area contributed by atoms with Crippen molar-refractivity contribution >= 4 is 62.9 Å². The molecule has 19 heteroatoms. The summed E-state index contributed by atoms with van der Waals surface area (Å²) in [6.07, 6.45) is -5.25. The van der Waals surface area contributed by atoms with Crippen molar-refractivity contribution in [2.45, 2.75) is 135 Å². The van der Waals surface area contributed by atoms with Crippen molar-refractivity contribution in [1.29, 1.82) is 0 Å². The molecule has 7 atom stereocenters. The highest BCUT2D eigenvalue weighted by Crippen LogP contribution is 2.49. The first kappa shape index (κ1) is 52.8. The molecule has 3 N–H and O–H groups in total. The molecule has 64 heavy (non-hydrogen) atoms. The molecule has 3 rings (SSSR count). The minimum atomic E-state index is -3.80. The molecule has 0 spiro atoms. The number of unbranched alkanes of at least 4 members (excludes halogenated alkanes) is 2. The van der Waals surface area contributed by atoms with E-state index in [9.17, 15) is 47.1 Å². The number of benzene rings is 2. The number of rotatable bonds is 22. The number of anilines is 2. The summed E-state index contributed by atoms with van der Waals surface area (Å²) in [6, 6.07) is 12.2. The Hall–Kier alpha value is -5.56. The topological polar surface area (TPSA) is 247 Å². The fourth-order valence-corrected chi connectivity index (χ4v) is 10.1. The van der Waals surface area contributed by atoms with Crippen LogP contribution >= 0.6 is 0 Å². The summed E-state index contributed by atoms with van der Waals surface area (Å²) >= 11 is 0. The third kappa shape index (κ3) is 14.8. The summed E-state index contributed by atoms with van der Waals surface area (Å²) in [6.45, 7) is 8.24. The van der Waals surface area contributed by atoms with Crippen LogP contribution in [0.2, 0.25) is 0 Å². The van der Waals surface area contributed by atoms with Crippen LogP contribution in [0.15, 0.2) is 47.4 Å². The van der Waals surface area contributed by atoms with E-state index in [0.29, 0.717) is 29.7 Å². The maximum absolute atomic E-state index is 14.0. The summed E-state index contributed by atoms with van der Waals surface area (Å²) in [4.78, 5) is 89.2. The Balaban J connectivity index is 1.81. The van der Waals surface area contributed by atoms with Gasteiger partial charge in [0.15, 0.2) is 28.1 Å². The van der Waals surface area contributed by atoms with Crippen LogP contribution in [0.1, 0.15) is 110 Å². The van der Waals surface area contributed by atoms with E-state index in [1.54, 1.807) is 30.3 Å². The molecule has 0 saturated heterocycles. The van der Waals surface area contributed by atoms with Crippen LogP contribution in [-0.4, -0.2) is 119 Å². The third-order valence-electron chi connectivity index (χ3n) is 10.9. The maximum atomic E-state index is 14.0. The van der Waals surface area contributed by atoms with E-state index < -0.39 is 94.1 Å². The summed E-state index contributed by atoms with van der Waals surface area (Å²) in [7, 11) is -0.0968. The number of nitrogens with one attached hydrogen (secondary N) is 2. The highest BCUT2D eigenvalue weighted by Gasteiger charge is 2.50. The molecule has 0 aromatic heterocycles. The van der Waals surface area contributed by atoms with E-state index in [4.69, 9.17) is 23.7 Å². The lowest BCUT2D eigenvalue weighted by molar-refractivity contribution is -0.203. The van der Waals surface area contributed by atoms with Gasteiger partial charge in [-0.3, -0.25) is 33.6 Å². The van der Waals surface area contributed by atoms with Crippen LogP contribution in [-0.2, 0) is 67.1 Å². The number of fused-ring (bicyclic) bond motifs is 1. The van der Waals surface area contributed by atoms with Crippen molar-refractivity contribution in [3.05, 3.63) is 53.6 Å². The molecule has 2 amide bonds. The van der Waals surface area contributed by atoms with Crippen LogP contribution in [0.4, 0.5) is 11.4 Å². The Morgan fingerprint density at radius 3 is 2.03 bits per heavy atom. The number of hydrogen-bond acceptors (Lipinski definition) is 16. The zero-order valence-electron chi connectivity index (χ0n) is 38.1. The first-order valence-electron chi connectivity index (χ1n) is 21.3. The molecule has 354 valence electrons. The van der Waals surface area contributed by atoms with Crippen molar-refractivity contribution in [3.8, 4) is 0 Å². The molecule has 2 aromatic carbocycles. The average Bonchev–Trinajstić information content (AvgIpc) is 3.27. The Kier molecular flexibility index (Phi) is 19.7. The molecule has 0 unspecified atom stereocenters. The van der Waals surface area contributed by atoms with Gasteiger partial charge in [-0.2, -0.15) is 0 Å². The Labute approximate surface area is 375 Å². The van der Waals surface area contributed by atoms with Crippen molar-refractivity contribution in [3.63, 3.8) is 0 Å². The molecular formula is C45H63N3O15S. The second kappa shape index (κ2) is 23.9. The predicted molar refractivity (Wildman–Crippen MR) is 234 cm³/mol. The number of amides is 2. The van der Waals surface area contributed by atoms with Gasteiger partial charge in [-0.25, -0.2) is 8.42 Å². The van der Waals surface area contributed by atoms with E-state index in [2.05, 4.69) is 10.6 Å². The molecule has 1 heterocycles. The maximum Gasteiger partial charge on any atom is 0.303 e. The third-order valence-corrected chi connectivity index (χ3v) is 12.9. The molecule has 0 radical (unpaired) electrons. The molecule has 0 aliphatic carbocycles. The van der Waals surface area contributed by atoms with Crippen LogP contribution in [0.3, 0.4) is 0 Å². The van der Waals surface area contributed by atoms with Gasteiger partial charge < -0.3 is 44.3 Å². The largest absolute Gasteiger partial charge is 0.462 e. The minimum Gasteiger partial charge on any atom is -0.462 e. The summed E-state index contributed by atoms with van der Waals surface area (Å²) in [5.74, 6) is -6.89. The molecule has 2 aromatic rings. The molecular weight excluding hydrogens is 855 g/mol. The molecule has 0 fully saturated rings. The van der Waals surface area contributed by atoms with Crippen LogP contribution in [0.25, 0.3) is 0 Å². The number of nitrogens with zero attached hydrogens (tertiary/aromatic N) is 1. The van der Waals surface area contributed by atoms with Gasteiger partial charge in [0, 0.05) is 84.4 Å². The van der Waals surface area contributed by atoms with Gasteiger partial charge in [-0.1, -0.05) is 38.8 Å². The lowest BCUT2D eigenvalue weighted by atomic mass is 9.69. The number of aliphatic hydroxyl groups is 1. The van der Waals surface area contributed by atoms with Gasteiger partial charge in [0.2, 0.25) is 12.0 Å². The van der Waals surface area contributed by atoms with E-state index >= 15 is 0 Å². The number of sulfone groups is 1. The van der Waals surface area contributed by atoms with Crippen LogP contribution < -0.4 is 15.5 Å². The number of aliphatic hydroxyl groups excluding tert-OH is 1. The highest BCUT2D eigenvalue weighted by atomic mass is 32.2. The minimum absolute atomic E-state index is 0.00751. The van der Waals surface area contributed by atoms with E-state index in [-0.39, 0.29) is 42.4 Å². The summed E-state index contributed by atoms with van der Waals surface area (Å²) < 4.78 is 54.2. The van der Waals surface area contributed by atoms with Crippen LogP contribution in [0.5, 0.6) is 0 Å². The Bertz CT molecular complexity index is 2110. The van der Waals surface area contributed by atoms with Gasteiger partial charge in [-0.05, 0) is 67.1 Å². The first-order chi connectivity index (χ1) is 30.0. The molecule has 18 nitrogen and oxygen atoms in total. The second-order valence-electron chi connectivity index (χ2n) is 16.2. The predicted octanol–water partition coefficient (Wildman–Crippen LogP) is 4.13. The van der Waals surface area contributed by atoms with Crippen molar-refractivity contribution < 1.29 is 70.8 Å². The van der Waals surface area contributed by atoms with Gasteiger partial charge in [0.1, 0.15) is 6.61 Å². The van der Waals surface area contributed by atoms with Crippen molar-refractivity contribution in [1.82, 2.24) is 5.32 Å². The Morgan fingerprint density at radius 2 is 1.45 bits per heavy atom. The zero-order valence-corrected chi connectivity index (χ0v) is 38.9. The SMILES string of the molecule is CCCC[C@@]1(CC)CS(=O)(=O)c2ccc(N(C)C)cc2[C@H](c2cccc(NC(=O)CCCCNC(=O)[C@H](OC(C)=O)[C@@H](OC(C)=O)[C@H](OC(C)=O)[C@@H](COC(C)=O)OC(C)=O)c2)[C@@H]1O. The number of esters is 5. The highest BCUT2D eigenvalue weighted by molar-refractivity contribution is 7.91. The van der Waals surface area contributed by atoms with Crippen molar-refractivity contribution in [2.24, 2.45) is 5.41 Å². The molecule has 1 aliphatic heterocycles. The summed E-state index contributed by atoms with van der Waals surface area (Å²) in [5.41, 5.74) is 1.39. The molecule has 0 saturated carbocycles.